The maximum atomic E-state index is 9.75. The van der Waals surface area contributed by atoms with Gasteiger partial charge in [-0.3, -0.25) is 0 Å². The van der Waals surface area contributed by atoms with Gasteiger partial charge in [-0.05, 0) is 37.6 Å². The molecule has 0 amide bonds. The number of fused-ring (bicyclic) bond motifs is 2. The van der Waals surface area contributed by atoms with Crippen molar-refractivity contribution in [2.24, 2.45) is 0 Å². The summed E-state index contributed by atoms with van der Waals surface area (Å²) >= 11 is 7.28. The number of aliphatic hydroxyl groups is 1. The van der Waals surface area contributed by atoms with E-state index in [1.807, 2.05) is 13.0 Å². The number of nitrogens with one attached hydrogen (secondary N) is 1. The quantitative estimate of drug-likeness (QED) is 0.777. The van der Waals surface area contributed by atoms with E-state index < -0.39 is 0 Å². The highest BCUT2D eigenvalue weighted by Crippen LogP contribution is 2.49. The number of hydrogen-bond acceptors (Lipinski definition) is 4. The maximum absolute atomic E-state index is 9.75. The third-order valence-electron chi connectivity index (χ3n) is 4.07. The van der Waals surface area contributed by atoms with Gasteiger partial charge in [-0.25, -0.2) is 0 Å². The zero-order valence-electron chi connectivity index (χ0n) is 14.0. The first-order chi connectivity index (χ1) is 11.7. The zero-order valence-corrected chi connectivity index (χ0v) is 15.6. The smallest absolute Gasteiger partial charge is 0.106 e. The molecule has 1 aliphatic rings. The molecule has 2 N–H and O–H groups in total. The lowest BCUT2D eigenvalue weighted by atomic mass is 10.1. The Kier molecular flexibility index (Phi) is 5.43. The Morgan fingerprint density at radius 2 is 1.96 bits per heavy atom. The second-order valence-corrected chi connectivity index (χ2v) is 7.40. The van der Waals surface area contributed by atoms with Crippen LogP contribution in [0.5, 0.6) is 0 Å². The third-order valence-corrected chi connectivity index (χ3v) is 5.58. The normalized spacial score (nSPS) is 13.9. The molecule has 0 saturated heterocycles. The van der Waals surface area contributed by atoms with Gasteiger partial charge in [0.2, 0.25) is 0 Å². The Morgan fingerprint density at radius 1 is 1.21 bits per heavy atom. The van der Waals surface area contributed by atoms with E-state index in [-0.39, 0.29) is 12.6 Å². The molecule has 24 heavy (non-hydrogen) atoms. The molecular formula is C19H22N2OS2. The fraction of sp³-hybridized carbons (Fsp3) is 0.316. The molecular weight excluding hydrogens is 336 g/mol. The summed E-state index contributed by atoms with van der Waals surface area (Å²) in [6.45, 7) is 5.14. The first-order valence-electron chi connectivity index (χ1n) is 8.25. The SMILES string of the molecule is CCCNC(=S)c1ccc2c(c1)N([C@@H](C)CO)c1ccccc1S2. The topological polar surface area (TPSA) is 35.5 Å². The minimum atomic E-state index is -0.00165. The van der Waals surface area contributed by atoms with Crippen molar-refractivity contribution < 1.29 is 5.11 Å². The van der Waals surface area contributed by atoms with Crippen molar-refractivity contribution in [1.29, 1.82) is 0 Å². The van der Waals surface area contributed by atoms with E-state index in [9.17, 15) is 5.11 Å². The van der Waals surface area contributed by atoms with Gasteiger partial charge in [0, 0.05) is 21.9 Å². The zero-order chi connectivity index (χ0) is 17.1. The number of benzene rings is 2. The largest absolute Gasteiger partial charge is 0.394 e. The highest BCUT2D eigenvalue weighted by atomic mass is 32.2. The van der Waals surface area contributed by atoms with Crippen LogP contribution in [0.3, 0.4) is 0 Å². The van der Waals surface area contributed by atoms with Crippen LogP contribution in [0, 0.1) is 0 Å². The first kappa shape index (κ1) is 17.3. The third kappa shape index (κ3) is 3.29. The highest BCUT2D eigenvalue weighted by Gasteiger charge is 2.27. The lowest BCUT2D eigenvalue weighted by molar-refractivity contribution is 0.272. The molecule has 5 heteroatoms. The Labute approximate surface area is 153 Å². The monoisotopic (exact) mass is 358 g/mol. The highest BCUT2D eigenvalue weighted by molar-refractivity contribution is 7.99. The summed E-state index contributed by atoms with van der Waals surface area (Å²) in [5.41, 5.74) is 3.27. The lowest BCUT2D eigenvalue weighted by Gasteiger charge is -2.36. The minimum Gasteiger partial charge on any atom is -0.394 e. The van der Waals surface area contributed by atoms with E-state index in [1.165, 1.54) is 9.79 Å². The number of hydrogen-bond donors (Lipinski definition) is 2. The van der Waals surface area contributed by atoms with E-state index in [2.05, 4.69) is 53.5 Å². The molecule has 1 atom stereocenters. The number of aliphatic hydroxyl groups excluding tert-OH is 1. The molecule has 0 saturated carbocycles. The summed E-state index contributed by atoms with van der Waals surface area (Å²) in [5.74, 6) is 0. The van der Waals surface area contributed by atoms with Gasteiger partial charge in [0.05, 0.1) is 24.0 Å². The van der Waals surface area contributed by atoms with Crippen LogP contribution in [0.1, 0.15) is 25.8 Å². The van der Waals surface area contributed by atoms with E-state index in [4.69, 9.17) is 12.2 Å². The number of rotatable bonds is 5. The van der Waals surface area contributed by atoms with Crippen molar-refractivity contribution in [3.8, 4) is 0 Å². The molecule has 0 aromatic heterocycles. The Balaban J connectivity index is 2.03. The van der Waals surface area contributed by atoms with Crippen LogP contribution in [-0.2, 0) is 0 Å². The van der Waals surface area contributed by atoms with Crippen LogP contribution in [0.25, 0.3) is 0 Å². The minimum absolute atomic E-state index is 0.00165. The van der Waals surface area contributed by atoms with E-state index in [1.54, 1.807) is 11.8 Å². The Bertz CT molecular complexity index is 748. The van der Waals surface area contributed by atoms with Crippen LogP contribution < -0.4 is 10.2 Å². The molecule has 0 unspecified atom stereocenters. The maximum Gasteiger partial charge on any atom is 0.106 e. The number of anilines is 2. The molecule has 3 rings (SSSR count). The van der Waals surface area contributed by atoms with Crippen molar-refractivity contribution in [3.63, 3.8) is 0 Å². The summed E-state index contributed by atoms with van der Waals surface area (Å²) in [4.78, 5) is 5.40. The summed E-state index contributed by atoms with van der Waals surface area (Å²) in [6.07, 6.45) is 1.04. The standard InChI is InChI=1S/C19H22N2OS2/c1-3-10-20-19(23)14-8-9-18-16(11-14)21(13(2)12-22)15-6-4-5-7-17(15)24-18/h4-9,11,13,22H,3,10,12H2,1-2H3,(H,20,23)/t13-/m0/s1. The molecule has 3 nitrogen and oxygen atoms in total. The second kappa shape index (κ2) is 7.55. The number of para-hydroxylation sites is 1. The van der Waals surface area contributed by atoms with E-state index in [0.717, 1.165) is 34.9 Å². The number of thiocarbonyl (C=S) groups is 1. The first-order valence-corrected chi connectivity index (χ1v) is 9.47. The van der Waals surface area contributed by atoms with Crippen molar-refractivity contribution in [1.82, 2.24) is 5.32 Å². The average Bonchev–Trinajstić information content (AvgIpc) is 2.63. The molecule has 2 aromatic carbocycles. The van der Waals surface area contributed by atoms with Gasteiger partial charge in [0.1, 0.15) is 4.99 Å². The van der Waals surface area contributed by atoms with Gasteiger partial charge in [0.15, 0.2) is 0 Å². The van der Waals surface area contributed by atoms with E-state index >= 15 is 0 Å². The Hall–Kier alpha value is -1.56. The summed E-state index contributed by atoms with van der Waals surface area (Å²) in [7, 11) is 0. The van der Waals surface area contributed by atoms with Gasteiger partial charge in [-0.1, -0.05) is 49.1 Å². The van der Waals surface area contributed by atoms with Crippen molar-refractivity contribution in [2.45, 2.75) is 36.1 Å². The van der Waals surface area contributed by atoms with Crippen LogP contribution in [0.4, 0.5) is 11.4 Å². The predicted molar refractivity (Wildman–Crippen MR) is 106 cm³/mol. The summed E-state index contributed by atoms with van der Waals surface area (Å²) in [6, 6.07) is 14.7. The van der Waals surface area contributed by atoms with E-state index in [0.29, 0.717) is 0 Å². The fourth-order valence-electron chi connectivity index (χ4n) is 2.82. The van der Waals surface area contributed by atoms with Gasteiger partial charge in [-0.2, -0.15) is 0 Å². The van der Waals surface area contributed by atoms with Crippen LogP contribution in [-0.4, -0.2) is 29.3 Å². The number of nitrogens with zero attached hydrogens (tertiary/aromatic N) is 1. The van der Waals surface area contributed by atoms with Crippen LogP contribution in [0.15, 0.2) is 52.3 Å². The van der Waals surface area contributed by atoms with Gasteiger partial charge in [0.25, 0.3) is 0 Å². The summed E-state index contributed by atoms with van der Waals surface area (Å²) < 4.78 is 0. The molecule has 0 radical (unpaired) electrons. The molecule has 0 aliphatic carbocycles. The average molecular weight is 359 g/mol. The predicted octanol–water partition coefficient (Wildman–Crippen LogP) is 4.35. The van der Waals surface area contributed by atoms with Gasteiger partial charge < -0.3 is 15.3 Å². The molecule has 0 spiro atoms. The van der Waals surface area contributed by atoms with Crippen LogP contribution in [0.2, 0.25) is 0 Å². The fourth-order valence-corrected chi connectivity index (χ4v) is 4.10. The van der Waals surface area contributed by atoms with Crippen molar-refractivity contribution in [2.75, 3.05) is 18.1 Å². The molecule has 126 valence electrons. The van der Waals surface area contributed by atoms with Crippen LogP contribution >= 0.6 is 24.0 Å². The van der Waals surface area contributed by atoms with Gasteiger partial charge >= 0.3 is 0 Å². The second-order valence-electron chi connectivity index (χ2n) is 5.91. The Morgan fingerprint density at radius 3 is 2.71 bits per heavy atom. The molecule has 1 heterocycles. The summed E-state index contributed by atoms with van der Waals surface area (Å²) in [5, 5.41) is 13.0. The molecule has 1 aliphatic heterocycles. The van der Waals surface area contributed by atoms with Crippen molar-refractivity contribution >= 4 is 40.3 Å². The molecule has 0 bridgehead atoms. The van der Waals surface area contributed by atoms with Gasteiger partial charge in [-0.15, -0.1) is 0 Å². The van der Waals surface area contributed by atoms with Crippen molar-refractivity contribution in [3.05, 3.63) is 48.0 Å². The lowest BCUT2D eigenvalue weighted by Crippen LogP contribution is -2.33. The molecule has 2 aromatic rings. The molecule has 0 fully saturated rings.